The molecular weight excluding hydrogens is 258 g/mol. The van der Waals surface area contributed by atoms with Gasteiger partial charge >= 0.3 is 5.97 Å². The molecule has 7 heteroatoms. The van der Waals surface area contributed by atoms with Crippen molar-refractivity contribution in [1.82, 2.24) is 19.7 Å². The highest BCUT2D eigenvalue weighted by atomic mass is 16.4. The van der Waals surface area contributed by atoms with Crippen LogP contribution in [0.4, 0.5) is 0 Å². The summed E-state index contributed by atoms with van der Waals surface area (Å²) >= 11 is 0. The smallest absolute Gasteiger partial charge is 0.337 e. The lowest BCUT2D eigenvalue weighted by molar-refractivity contribution is 0.0696. The molecule has 0 aliphatic heterocycles. The molecule has 96 valence electrons. The number of rotatable bonds is 2. The van der Waals surface area contributed by atoms with E-state index in [4.69, 9.17) is 10.4 Å². The van der Waals surface area contributed by atoms with Gasteiger partial charge in [-0.2, -0.15) is 5.26 Å². The average molecular weight is 265 g/mol. The first kappa shape index (κ1) is 11.8. The van der Waals surface area contributed by atoms with Gasteiger partial charge in [0.1, 0.15) is 6.07 Å². The van der Waals surface area contributed by atoms with Crippen molar-refractivity contribution in [1.29, 1.82) is 5.26 Å². The van der Waals surface area contributed by atoms with Gasteiger partial charge in [0.15, 0.2) is 11.5 Å². The second-order valence-corrected chi connectivity index (χ2v) is 4.03. The van der Waals surface area contributed by atoms with Gasteiger partial charge in [0, 0.05) is 24.0 Å². The number of hydrogen-bond acceptors (Lipinski definition) is 5. The van der Waals surface area contributed by atoms with Crippen molar-refractivity contribution >= 4 is 17.0 Å². The molecule has 0 radical (unpaired) electrons. The first-order valence-electron chi connectivity index (χ1n) is 5.62. The van der Waals surface area contributed by atoms with E-state index in [2.05, 4.69) is 15.1 Å². The molecule has 0 fully saturated rings. The van der Waals surface area contributed by atoms with Crippen LogP contribution in [0.25, 0.3) is 16.9 Å². The van der Waals surface area contributed by atoms with Crippen LogP contribution in [-0.2, 0) is 0 Å². The Hall–Kier alpha value is -3.27. The molecule has 1 N–H and O–H groups in total. The van der Waals surface area contributed by atoms with Crippen LogP contribution in [0.5, 0.6) is 0 Å². The highest BCUT2D eigenvalue weighted by molar-refractivity contribution is 5.87. The second-order valence-electron chi connectivity index (χ2n) is 4.03. The second kappa shape index (κ2) is 4.44. The van der Waals surface area contributed by atoms with Gasteiger partial charge in [-0.15, -0.1) is 5.10 Å². The molecule has 7 nitrogen and oxygen atoms in total. The van der Waals surface area contributed by atoms with E-state index in [1.165, 1.54) is 23.1 Å². The minimum absolute atomic E-state index is 0.107. The maximum absolute atomic E-state index is 10.8. The average Bonchev–Trinajstić information content (AvgIpc) is 2.90. The van der Waals surface area contributed by atoms with Crippen molar-refractivity contribution in [2.75, 3.05) is 0 Å². The number of hydrogen-bond donors (Lipinski definition) is 1. The van der Waals surface area contributed by atoms with Crippen LogP contribution in [0.15, 0.2) is 36.8 Å². The molecule has 3 rings (SSSR count). The number of carboxylic acids is 1. The lowest BCUT2D eigenvalue weighted by Gasteiger charge is -1.99. The summed E-state index contributed by atoms with van der Waals surface area (Å²) in [5, 5.41) is 22.6. The van der Waals surface area contributed by atoms with Crippen LogP contribution in [0.2, 0.25) is 0 Å². The van der Waals surface area contributed by atoms with Crippen molar-refractivity contribution in [3.8, 4) is 11.9 Å². The van der Waals surface area contributed by atoms with Gasteiger partial charge in [-0.25, -0.2) is 19.4 Å². The van der Waals surface area contributed by atoms with Crippen LogP contribution in [-0.4, -0.2) is 30.8 Å². The maximum Gasteiger partial charge on any atom is 0.337 e. The van der Waals surface area contributed by atoms with E-state index in [9.17, 15) is 4.79 Å². The Morgan fingerprint density at radius 3 is 2.80 bits per heavy atom. The van der Waals surface area contributed by atoms with E-state index in [0.717, 1.165) is 0 Å². The van der Waals surface area contributed by atoms with Gasteiger partial charge < -0.3 is 5.11 Å². The summed E-state index contributed by atoms with van der Waals surface area (Å²) in [7, 11) is 0. The van der Waals surface area contributed by atoms with Crippen LogP contribution in [0, 0.1) is 11.3 Å². The number of fused-ring (bicyclic) bond motifs is 1. The van der Waals surface area contributed by atoms with Gasteiger partial charge in [0.25, 0.3) is 0 Å². The van der Waals surface area contributed by atoms with E-state index in [1.54, 1.807) is 18.3 Å². The number of carbonyl (C=O) groups is 1. The van der Waals surface area contributed by atoms with Crippen molar-refractivity contribution in [2.24, 2.45) is 0 Å². The Bertz CT molecular complexity index is 845. The minimum atomic E-state index is -1.03. The van der Waals surface area contributed by atoms with Crippen molar-refractivity contribution in [2.45, 2.75) is 0 Å². The summed E-state index contributed by atoms with van der Waals surface area (Å²) in [5.74, 6) is -0.554. The zero-order chi connectivity index (χ0) is 14.1. The Kier molecular flexibility index (Phi) is 2.62. The highest BCUT2D eigenvalue weighted by Gasteiger charge is 2.07. The quantitative estimate of drug-likeness (QED) is 0.750. The maximum atomic E-state index is 10.8. The number of carboxylic acid groups (broad SMARTS) is 1. The zero-order valence-corrected chi connectivity index (χ0v) is 10.1. The van der Waals surface area contributed by atoms with Crippen LogP contribution >= 0.6 is 0 Å². The number of aromatic nitrogens is 4. The molecule has 0 bridgehead atoms. The van der Waals surface area contributed by atoms with Gasteiger partial charge in [0.2, 0.25) is 0 Å². The summed E-state index contributed by atoms with van der Waals surface area (Å²) in [6.45, 7) is 0. The van der Waals surface area contributed by atoms with Crippen LogP contribution in [0.3, 0.4) is 0 Å². The normalized spacial score (nSPS) is 10.3. The Morgan fingerprint density at radius 1 is 1.30 bits per heavy atom. The monoisotopic (exact) mass is 265 g/mol. The summed E-state index contributed by atoms with van der Waals surface area (Å²) in [5.41, 5.74) is 1.05. The zero-order valence-electron chi connectivity index (χ0n) is 10.1. The fraction of sp³-hybridized carbons (Fsp3) is 0. The Labute approximate surface area is 112 Å². The number of aromatic carboxylic acids is 1. The van der Waals surface area contributed by atoms with Gasteiger partial charge in [-0.3, -0.25) is 0 Å². The summed E-state index contributed by atoms with van der Waals surface area (Å²) in [6, 6.07) is 6.69. The first-order chi connectivity index (χ1) is 9.67. The Balaban J connectivity index is 2.05. The van der Waals surface area contributed by atoms with Crippen LogP contribution < -0.4 is 0 Å². The molecule has 3 aromatic heterocycles. The molecule has 0 unspecified atom stereocenters. The number of pyridine rings is 2. The van der Waals surface area contributed by atoms with E-state index < -0.39 is 5.97 Å². The van der Waals surface area contributed by atoms with Crippen molar-refractivity contribution < 1.29 is 9.90 Å². The molecule has 3 aromatic rings. The molecule has 0 aliphatic carbocycles. The SMILES string of the molecule is N#Cc1cnc2nn(-c3ccc(C(=O)O)cn3)cc2c1. The Morgan fingerprint density at radius 2 is 2.15 bits per heavy atom. The van der Waals surface area contributed by atoms with E-state index in [-0.39, 0.29) is 5.56 Å². The summed E-state index contributed by atoms with van der Waals surface area (Å²) in [6.07, 6.45) is 4.39. The predicted octanol–water partition coefficient (Wildman–Crippen LogP) is 1.39. The molecular formula is C13H7N5O2. The standard InChI is InChI=1S/C13H7N5O2/c14-4-8-3-10-7-18(17-12(10)16-5-8)11-2-1-9(6-15-11)13(19)20/h1-3,5-7H,(H,19,20). The third kappa shape index (κ3) is 1.95. The molecule has 0 saturated heterocycles. The third-order valence-electron chi connectivity index (χ3n) is 2.72. The topological polar surface area (TPSA) is 105 Å². The predicted molar refractivity (Wildman–Crippen MR) is 68.3 cm³/mol. The molecule has 0 atom stereocenters. The van der Waals surface area contributed by atoms with Crippen molar-refractivity contribution in [3.63, 3.8) is 0 Å². The van der Waals surface area contributed by atoms with E-state index >= 15 is 0 Å². The number of nitrogens with zero attached hydrogens (tertiary/aromatic N) is 5. The molecule has 3 heterocycles. The lowest BCUT2D eigenvalue weighted by Crippen LogP contribution is -2.01. The first-order valence-corrected chi connectivity index (χ1v) is 5.62. The molecule has 0 spiro atoms. The van der Waals surface area contributed by atoms with Crippen LogP contribution in [0.1, 0.15) is 15.9 Å². The fourth-order valence-corrected chi connectivity index (χ4v) is 1.74. The summed E-state index contributed by atoms with van der Waals surface area (Å²) < 4.78 is 1.49. The van der Waals surface area contributed by atoms with Gasteiger partial charge in [-0.1, -0.05) is 0 Å². The largest absolute Gasteiger partial charge is 0.478 e. The van der Waals surface area contributed by atoms with Gasteiger partial charge in [-0.05, 0) is 18.2 Å². The molecule has 0 aromatic carbocycles. The fourth-order valence-electron chi connectivity index (χ4n) is 1.74. The lowest BCUT2D eigenvalue weighted by atomic mass is 10.2. The molecule has 0 saturated carbocycles. The number of nitriles is 1. The van der Waals surface area contributed by atoms with Gasteiger partial charge in [0.05, 0.1) is 11.1 Å². The molecule has 20 heavy (non-hydrogen) atoms. The molecule has 0 aliphatic rings. The van der Waals surface area contributed by atoms with E-state index in [0.29, 0.717) is 22.4 Å². The third-order valence-corrected chi connectivity index (χ3v) is 2.72. The summed E-state index contributed by atoms with van der Waals surface area (Å²) in [4.78, 5) is 18.9. The highest BCUT2D eigenvalue weighted by Crippen LogP contribution is 2.14. The van der Waals surface area contributed by atoms with Crippen molar-refractivity contribution in [3.05, 3.63) is 47.9 Å². The molecule has 0 amide bonds. The minimum Gasteiger partial charge on any atom is -0.478 e. The van der Waals surface area contributed by atoms with E-state index in [1.807, 2.05) is 6.07 Å².